The van der Waals surface area contributed by atoms with Gasteiger partial charge in [-0.2, -0.15) is 0 Å². The number of carbonyl (C=O) groups is 1. The van der Waals surface area contributed by atoms with Crippen molar-refractivity contribution < 1.29 is 64.6 Å². The zero-order valence-corrected chi connectivity index (χ0v) is 41.6. The van der Waals surface area contributed by atoms with Gasteiger partial charge in [0, 0.05) is 6.42 Å². The van der Waals surface area contributed by atoms with Gasteiger partial charge < -0.3 is 65.1 Å². The molecular formula is C53H97NO13. The van der Waals surface area contributed by atoms with Crippen LogP contribution < -0.4 is 5.32 Å². The monoisotopic (exact) mass is 956 g/mol. The van der Waals surface area contributed by atoms with Crippen LogP contribution in [-0.4, -0.2) is 140 Å². The molecule has 2 aliphatic heterocycles. The van der Waals surface area contributed by atoms with Crippen LogP contribution >= 0.6 is 0 Å². The Morgan fingerprint density at radius 2 is 0.955 bits per heavy atom. The molecule has 12 atom stereocenters. The average Bonchev–Trinajstić information content (AvgIpc) is 3.32. The Bertz CT molecular complexity index is 1270. The molecule has 67 heavy (non-hydrogen) atoms. The summed E-state index contributed by atoms with van der Waals surface area (Å²) < 4.78 is 22.6. The lowest BCUT2D eigenvalue weighted by atomic mass is 9.97. The summed E-state index contributed by atoms with van der Waals surface area (Å²) >= 11 is 0. The number of nitrogens with one attached hydrogen (secondary N) is 1. The normalized spacial score (nSPS) is 26.8. The van der Waals surface area contributed by atoms with Gasteiger partial charge in [0.2, 0.25) is 5.91 Å². The molecule has 0 aromatic heterocycles. The van der Waals surface area contributed by atoms with Gasteiger partial charge in [-0.05, 0) is 44.9 Å². The van der Waals surface area contributed by atoms with E-state index in [1.54, 1.807) is 6.08 Å². The van der Waals surface area contributed by atoms with E-state index in [9.17, 15) is 45.6 Å². The Labute approximate surface area is 404 Å². The molecular weight excluding hydrogens is 859 g/mol. The van der Waals surface area contributed by atoms with Crippen LogP contribution in [0.5, 0.6) is 0 Å². The van der Waals surface area contributed by atoms with Crippen LogP contribution in [0.3, 0.4) is 0 Å². The van der Waals surface area contributed by atoms with E-state index in [-0.39, 0.29) is 18.9 Å². The highest BCUT2D eigenvalue weighted by molar-refractivity contribution is 5.76. The summed E-state index contributed by atoms with van der Waals surface area (Å²) in [6.45, 7) is 2.73. The number of hydrogen-bond acceptors (Lipinski definition) is 13. The molecule has 2 fully saturated rings. The van der Waals surface area contributed by atoms with Gasteiger partial charge in [0.15, 0.2) is 12.6 Å². The van der Waals surface area contributed by atoms with Gasteiger partial charge in [-0.15, -0.1) is 0 Å². The lowest BCUT2D eigenvalue weighted by Crippen LogP contribution is -2.65. The van der Waals surface area contributed by atoms with Crippen LogP contribution in [0.1, 0.15) is 200 Å². The average molecular weight is 956 g/mol. The third kappa shape index (κ3) is 26.8. The van der Waals surface area contributed by atoms with Crippen LogP contribution in [0, 0.1) is 0 Å². The highest BCUT2D eigenvalue weighted by Gasteiger charge is 2.51. The molecule has 14 heteroatoms. The molecule has 0 aromatic rings. The second kappa shape index (κ2) is 39.9. The molecule has 12 unspecified atom stereocenters. The first-order valence-electron chi connectivity index (χ1n) is 26.7. The summed E-state index contributed by atoms with van der Waals surface area (Å²) in [5.41, 5.74) is 0. The summed E-state index contributed by atoms with van der Waals surface area (Å²) in [5.74, 6) is -0.257. The number of allylic oxidation sites excluding steroid dienone is 5. The molecule has 0 spiro atoms. The molecule has 0 aromatic carbocycles. The van der Waals surface area contributed by atoms with Gasteiger partial charge in [0.1, 0.15) is 48.8 Å². The van der Waals surface area contributed by atoms with Crippen LogP contribution in [-0.2, 0) is 23.7 Å². The largest absolute Gasteiger partial charge is 0.394 e. The molecule has 0 aliphatic carbocycles. The van der Waals surface area contributed by atoms with E-state index in [0.29, 0.717) is 12.8 Å². The fourth-order valence-electron chi connectivity index (χ4n) is 8.68. The summed E-state index contributed by atoms with van der Waals surface area (Å²) in [4.78, 5) is 13.1. The van der Waals surface area contributed by atoms with Gasteiger partial charge in [0.25, 0.3) is 0 Å². The molecule has 9 N–H and O–H groups in total. The molecule has 2 rings (SSSR count). The molecule has 2 heterocycles. The molecule has 14 nitrogen and oxygen atoms in total. The van der Waals surface area contributed by atoms with E-state index in [1.165, 1.54) is 122 Å². The quantitative estimate of drug-likeness (QED) is 0.0214. The number of aliphatic hydroxyl groups is 8. The second-order valence-corrected chi connectivity index (χ2v) is 19.0. The van der Waals surface area contributed by atoms with Crippen molar-refractivity contribution in [3.05, 3.63) is 36.5 Å². The standard InChI is InChI=1S/C53H97NO13/c1-3-5-7-9-11-13-14-15-16-17-18-19-20-21-22-23-24-25-26-27-29-30-32-34-36-42(57)41(54-45(58)37-35-33-31-28-12-10-8-6-4-2)40-64-52-50(63)48(61)51(44(39-56)66-52)67-53-49(62)47(60)46(59)43(38-55)65-53/h23-24,27,29,34,36,41-44,46-53,55-57,59-63H,3-22,25-26,28,30-33,35,37-40H2,1-2H3,(H,54,58)/b24-23+,29-27+,36-34+. The minimum atomic E-state index is -1.79. The summed E-state index contributed by atoms with van der Waals surface area (Å²) in [7, 11) is 0. The highest BCUT2D eigenvalue weighted by Crippen LogP contribution is 2.30. The molecule has 392 valence electrons. The Balaban J connectivity index is 1.79. The predicted molar refractivity (Wildman–Crippen MR) is 263 cm³/mol. The second-order valence-electron chi connectivity index (χ2n) is 19.0. The van der Waals surface area contributed by atoms with Crippen molar-refractivity contribution in [1.82, 2.24) is 5.32 Å². The number of unbranched alkanes of at least 4 members (excludes halogenated alkanes) is 24. The van der Waals surface area contributed by atoms with Crippen LogP contribution in [0.4, 0.5) is 0 Å². The van der Waals surface area contributed by atoms with Gasteiger partial charge in [-0.25, -0.2) is 0 Å². The Morgan fingerprint density at radius 1 is 0.522 bits per heavy atom. The predicted octanol–water partition coefficient (Wildman–Crippen LogP) is 7.49. The lowest BCUT2D eigenvalue weighted by Gasteiger charge is -2.46. The van der Waals surface area contributed by atoms with Crippen molar-refractivity contribution >= 4 is 5.91 Å². The molecule has 0 radical (unpaired) electrons. The maximum absolute atomic E-state index is 13.1. The van der Waals surface area contributed by atoms with E-state index in [4.69, 9.17) is 18.9 Å². The summed E-state index contributed by atoms with van der Waals surface area (Å²) in [5, 5.41) is 86.6. The van der Waals surface area contributed by atoms with Crippen LogP contribution in [0.2, 0.25) is 0 Å². The van der Waals surface area contributed by atoms with E-state index in [2.05, 4.69) is 43.5 Å². The minimum absolute atomic E-state index is 0.257. The van der Waals surface area contributed by atoms with Crippen molar-refractivity contribution in [3.63, 3.8) is 0 Å². The third-order valence-corrected chi connectivity index (χ3v) is 13.1. The first kappa shape index (κ1) is 61.3. The lowest BCUT2D eigenvalue weighted by molar-refractivity contribution is -0.359. The smallest absolute Gasteiger partial charge is 0.220 e. The van der Waals surface area contributed by atoms with Gasteiger partial charge in [0.05, 0.1) is 32.0 Å². The van der Waals surface area contributed by atoms with Crippen molar-refractivity contribution in [2.75, 3.05) is 19.8 Å². The topological polar surface area (TPSA) is 228 Å². The maximum atomic E-state index is 13.1. The SMILES string of the molecule is CCCCCCCCCCCCCCCC/C=C/CC/C=C/CC/C=C/C(O)C(COC1OC(CO)C(OC2OC(CO)C(O)C(O)C2O)C(O)C1O)NC(=O)CCCCCCCCCCC. The molecule has 1 amide bonds. The molecule has 2 aliphatic rings. The van der Waals surface area contributed by atoms with E-state index in [0.717, 1.165) is 44.9 Å². The van der Waals surface area contributed by atoms with E-state index < -0.39 is 86.8 Å². The van der Waals surface area contributed by atoms with Crippen molar-refractivity contribution in [1.29, 1.82) is 0 Å². The number of rotatable bonds is 41. The highest BCUT2D eigenvalue weighted by atomic mass is 16.7. The number of ether oxygens (including phenoxy) is 4. The first-order valence-corrected chi connectivity index (χ1v) is 26.7. The summed E-state index contributed by atoms with van der Waals surface area (Å²) in [6.07, 6.45) is 29.3. The Morgan fingerprint density at radius 3 is 1.46 bits per heavy atom. The minimum Gasteiger partial charge on any atom is -0.394 e. The number of carbonyl (C=O) groups excluding carboxylic acids is 1. The fourth-order valence-corrected chi connectivity index (χ4v) is 8.68. The van der Waals surface area contributed by atoms with E-state index >= 15 is 0 Å². The van der Waals surface area contributed by atoms with Gasteiger partial charge in [-0.1, -0.05) is 185 Å². The van der Waals surface area contributed by atoms with Crippen LogP contribution in [0.15, 0.2) is 36.5 Å². The molecule has 0 saturated carbocycles. The van der Waals surface area contributed by atoms with Crippen molar-refractivity contribution in [3.8, 4) is 0 Å². The number of aliphatic hydroxyl groups excluding tert-OH is 8. The Kier molecular flexibility index (Phi) is 36.5. The van der Waals surface area contributed by atoms with Gasteiger partial charge >= 0.3 is 0 Å². The molecule has 2 saturated heterocycles. The zero-order valence-electron chi connectivity index (χ0n) is 41.6. The zero-order chi connectivity index (χ0) is 48.9. The van der Waals surface area contributed by atoms with E-state index in [1.807, 2.05) is 6.08 Å². The summed E-state index contributed by atoms with van der Waals surface area (Å²) in [6, 6.07) is -0.933. The number of hydrogen-bond donors (Lipinski definition) is 9. The fraction of sp³-hybridized carbons (Fsp3) is 0.868. The van der Waals surface area contributed by atoms with Crippen molar-refractivity contribution in [2.24, 2.45) is 0 Å². The maximum Gasteiger partial charge on any atom is 0.220 e. The Hall–Kier alpha value is -1.79. The first-order chi connectivity index (χ1) is 32.6. The van der Waals surface area contributed by atoms with Crippen molar-refractivity contribution in [2.45, 2.75) is 274 Å². The molecule has 0 bridgehead atoms. The van der Waals surface area contributed by atoms with Crippen LogP contribution in [0.25, 0.3) is 0 Å². The third-order valence-electron chi connectivity index (χ3n) is 13.1. The number of amides is 1. The van der Waals surface area contributed by atoms with Gasteiger partial charge in [-0.3, -0.25) is 4.79 Å².